The summed E-state index contributed by atoms with van der Waals surface area (Å²) in [4.78, 5) is 0. The number of rotatable bonds is 0. The van der Waals surface area contributed by atoms with Gasteiger partial charge >= 0.3 is 0 Å². The van der Waals surface area contributed by atoms with Crippen LogP contribution in [0.1, 0.15) is 58.8 Å². The highest BCUT2D eigenvalue weighted by Crippen LogP contribution is 2.72. The van der Waals surface area contributed by atoms with Gasteiger partial charge in [0.1, 0.15) is 0 Å². The van der Waals surface area contributed by atoms with Crippen LogP contribution in [0.5, 0.6) is 0 Å². The molecule has 2 spiro atoms. The summed E-state index contributed by atoms with van der Waals surface area (Å²) in [7, 11) is 0. The monoisotopic (exact) mass is 413 g/mol. The third-order valence-electron chi connectivity index (χ3n) is 10.5. The van der Waals surface area contributed by atoms with Crippen molar-refractivity contribution in [2.45, 2.75) is 70.4 Å². The molecule has 0 radical (unpaired) electrons. The smallest absolute Gasteiger partial charge is 0.175 e. The van der Waals surface area contributed by atoms with Crippen molar-refractivity contribution >= 4 is 0 Å². The van der Waals surface area contributed by atoms with E-state index >= 15 is 0 Å². The Bertz CT molecular complexity index is 791. The SMILES string of the molecule is C=C1CC2(C[C@@H]3CC[C@H]4[C@@H]5[C@H](C#N)CC6(OCCO6)[C@@]5(C)CC[C@@H]4[C@@]13C)OCCO2. The molecule has 0 aromatic heterocycles. The fourth-order valence-electron chi connectivity index (χ4n) is 9.09. The normalized spacial score (nSPS) is 50.8. The van der Waals surface area contributed by atoms with E-state index in [1.807, 2.05) is 0 Å². The van der Waals surface area contributed by atoms with Gasteiger partial charge in [-0.15, -0.1) is 0 Å². The minimum Gasteiger partial charge on any atom is -0.347 e. The summed E-state index contributed by atoms with van der Waals surface area (Å²) in [6.07, 6.45) is 7.15. The molecule has 2 aliphatic heterocycles. The summed E-state index contributed by atoms with van der Waals surface area (Å²) in [6.45, 7) is 12.2. The molecule has 5 heteroatoms. The van der Waals surface area contributed by atoms with E-state index in [0.29, 0.717) is 50.1 Å². The van der Waals surface area contributed by atoms with Crippen LogP contribution in [0.3, 0.4) is 0 Å². The van der Waals surface area contributed by atoms with Crippen molar-refractivity contribution in [2.24, 2.45) is 40.4 Å². The Hall–Kier alpha value is -0.930. The van der Waals surface area contributed by atoms with Gasteiger partial charge in [0.15, 0.2) is 11.6 Å². The average molecular weight is 414 g/mol. The lowest BCUT2D eigenvalue weighted by Crippen LogP contribution is -2.59. The molecule has 0 aromatic carbocycles. The molecule has 0 unspecified atom stereocenters. The van der Waals surface area contributed by atoms with Gasteiger partial charge < -0.3 is 18.9 Å². The lowest BCUT2D eigenvalue weighted by Gasteiger charge is -2.63. The first-order valence-electron chi connectivity index (χ1n) is 12.0. The van der Waals surface area contributed by atoms with E-state index in [1.165, 1.54) is 24.8 Å². The van der Waals surface area contributed by atoms with Gasteiger partial charge in [-0.3, -0.25) is 0 Å². The number of hydrogen-bond acceptors (Lipinski definition) is 5. The molecule has 0 N–H and O–H groups in total. The second-order valence-electron chi connectivity index (χ2n) is 11.3. The van der Waals surface area contributed by atoms with Crippen LogP contribution in [0, 0.1) is 51.8 Å². The predicted octanol–water partition coefficient (Wildman–Crippen LogP) is 4.43. The number of hydrogen-bond donors (Lipinski definition) is 0. The van der Waals surface area contributed by atoms with Crippen molar-refractivity contribution in [3.05, 3.63) is 12.2 Å². The Morgan fingerprint density at radius 2 is 1.67 bits per heavy atom. The molecule has 30 heavy (non-hydrogen) atoms. The molecule has 2 heterocycles. The Morgan fingerprint density at radius 1 is 0.967 bits per heavy atom. The first-order chi connectivity index (χ1) is 14.4. The Kier molecular flexibility index (Phi) is 4.15. The van der Waals surface area contributed by atoms with Crippen LogP contribution in [-0.4, -0.2) is 38.0 Å². The van der Waals surface area contributed by atoms with Crippen molar-refractivity contribution in [1.29, 1.82) is 5.26 Å². The minimum absolute atomic E-state index is 0.0192. The van der Waals surface area contributed by atoms with Crippen molar-refractivity contribution in [3.8, 4) is 6.07 Å². The molecule has 6 aliphatic rings. The zero-order valence-electron chi connectivity index (χ0n) is 18.5. The Balaban J connectivity index is 1.35. The quantitative estimate of drug-likeness (QED) is 0.550. The van der Waals surface area contributed by atoms with Crippen LogP contribution in [-0.2, 0) is 18.9 Å². The molecule has 4 saturated carbocycles. The molecule has 7 atom stereocenters. The van der Waals surface area contributed by atoms with Crippen molar-refractivity contribution in [1.82, 2.24) is 0 Å². The van der Waals surface area contributed by atoms with Crippen LogP contribution in [0.25, 0.3) is 0 Å². The topological polar surface area (TPSA) is 60.7 Å². The third-order valence-corrected chi connectivity index (χ3v) is 10.5. The highest BCUT2D eigenvalue weighted by molar-refractivity contribution is 5.26. The maximum atomic E-state index is 10.1. The van der Waals surface area contributed by atoms with Crippen LogP contribution in [0.4, 0.5) is 0 Å². The maximum absolute atomic E-state index is 10.1. The summed E-state index contributed by atoms with van der Waals surface area (Å²) < 4.78 is 24.8. The fourth-order valence-corrected chi connectivity index (χ4v) is 9.09. The summed E-state index contributed by atoms with van der Waals surface area (Å²) in [6, 6.07) is 2.69. The zero-order valence-corrected chi connectivity index (χ0v) is 18.5. The molecule has 6 fully saturated rings. The van der Waals surface area contributed by atoms with Crippen molar-refractivity contribution in [3.63, 3.8) is 0 Å². The van der Waals surface area contributed by atoms with E-state index in [2.05, 4.69) is 26.5 Å². The maximum Gasteiger partial charge on any atom is 0.175 e. The zero-order chi connectivity index (χ0) is 20.8. The van der Waals surface area contributed by atoms with E-state index in [1.54, 1.807) is 0 Å². The highest BCUT2D eigenvalue weighted by Gasteiger charge is 2.71. The van der Waals surface area contributed by atoms with Crippen LogP contribution in [0.15, 0.2) is 12.2 Å². The van der Waals surface area contributed by atoms with Gasteiger partial charge in [0.25, 0.3) is 0 Å². The van der Waals surface area contributed by atoms with Gasteiger partial charge in [-0.2, -0.15) is 5.26 Å². The van der Waals surface area contributed by atoms with E-state index in [0.717, 1.165) is 25.7 Å². The molecule has 6 rings (SSSR count). The molecular weight excluding hydrogens is 378 g/mol. The molecule has 5 nitrogen and oxygen atoms in total. The van der Waals surface area contributed by atoms with E-state index < -0.39 is 11.6 Å². The largest absolute Gasteiger partial charge is 0.347 e. The van der Waals surface area contributed by atoms with Gasteiger partial charge in [-0.05, 0) is 54.8 Å². The molecule has 0 amide bonds. The van der Waals surface area contributed by atoms with Crippen LogP contribution < -0.4 is 0 Å². The van der Waals surface area contributed by atoms with Crippen molar-refractivity contribution in [2.75, 3.05) is 26.4 Å². The first-order valence-corrected chi connectivity index (χ1v) is 12.0. The minimum atomic E-state index is -0.542. The van der Waals surface area contributed by atoms with Gasteiger partial charge in [0, 0.05) is 24.7 Å². The van der Waals surface area contributed by atoms with E-state index in [9.17, 15) is 5.26 Å². The number of ether oxygens (including phenoxy) is 4. The van der Waals surface area contributed by atoms with Crippen molar-refractivity contribution < 1.29 is 18.9 Å². The third kappa shape index (κ3) is 2.27. The summed E-state index contributed by atoms with van der Waals surface area (Å²) >= 11 is 0. The highest BCUT2D eigenvalue weighted by atomic mass is 16.7. The second kappa shape index (κ2) is 6.32. The molecular formula is C25H35NO4. The van der Waals surface area contributed by atoms with E-state index in [4.69, 9.17) is 18.9 Å². The summed E-state index contributed by atoms with van der Waals surface area (Å²) in [5, 5.41) is 10.1. The standard InChI is InChI=1S/C25H35NO4/c1-16-12-24(27-8-9-28-24)14-18-4-5-19-20(23(16,18)3)6-7-22(2)21(19)17(15-26)13-25(22)29-10-11-30-25/h17-21H,1,4-14H2,2-3H3/t17-,18-,19+,20-,21-,22-,23-/m0/s1. The first kappa shape index (κ1) is 19.7. The number of nitrogens with zero attached hydrogens (tertiary/aromatic N) is 1. The molecule has 4 aliphatic carbocycles. The second-order valence-corrected chi connectivity index (χ2v) is 11.3. The van der Waals surface area contributed by atoms with Gasteiger partial charge in [-0.1, -0.05) is 26.0 Å². The molecule has 164 valence electrons. The van der Waals surface area contributed by atoms with Gasteiger partial charge in [0.05, 0.1) is 38.4 Å². The molecule has 0 bridgehead atoms. The number of nitriles is 1. The molecule has 2 saturated heterocycles. The number of fused-ring (bicyclic) bond motifs is 6. The predicted molar refractivity (Wildman–Crippen MR) is 110 cm³/mol. The lowest BCUT2D eigenvalue weighted by molar-refractivity contribution is -0.250. The fraction of sp³-hybridized carbons (Fsp3) is 0.880. The average Bonchev–Trinajstić information content (AvgIpc) is 3.44. The van der Waals surface area contributed by atoms with E-state index in [-0.39, 0.29) is 16.7 Å². The van der Waals surface area contributed by atoms with Gasteiger partial charge in [-0.25, -0.2) is 0 Å². The lowest BCUT2D eigenvalue weighted by atomic mass is 9.43. The summed E-state index contributed by atoms with van der Waals surface area (Å²) in [5.41, 5.74) is 1.36. The summed E-state index contributed by atoms with van der Waals surface area (Å²) in [5.74, 6) is 1.07. The Morgan fingerprint density at radius 3 is 2.37 bits per heavy atom. The van der Waals surface area contributed by atoms with Crippen LogP contribution in [0.2, 0.25) is 0 Å². The Labute approximate surface area is 180 Å². The van der Waals surface area contributed by atoms with Crippen LogP contribution >= 0.6 is 0 Å². The van der Waals surface area contributed by atoms with Gasteiger partial charge in [0.2, 0.25) is 0 Å². The molecule has 0 aromatic rings.